The third-order valence-electron chi connectivity index (χ3n) is 2.18. The van der Waals surface area contributed by atoms with E-state index in [0.29, 0.717) is 5.56 Å². The fraction of sp³-hybridized carbons (Fsp3) is 0.364. The normalized spacial score (nSPS) is 13.4. The number of sulfonamides is 1. The minimum absolute atomic E-state index is 0.0190. The molecule has 1 atom stereocenters. The molecular formula is C11H15NO4S. The Bertz CT molecular complexity index is 510. The third kappa shape index (κ3) is 3.62. The first-order chi connectivity index (χ1) is 7.86. The Morgan fingerprint density at radius 1 is 1.47 bits per heavy atom. The molecule has 0 radical (unpaired) electrons. The number of aliphatic hydroxyl groups is 1. The second kappa shape index (κ2) is 5.39. The average molecular weight is 257 g/mol. The maximum atomic E-state index is 11.8. The van der Waals surface area contributed by atoms with Gasteiger partial charge < -0.3 is 5.11 Å². The van der Waals surface area contributed by atoms with Crippen LogP contribution in [0.4, 0.5) is 0 Å². The molecule has 5 nitrogen and oxygen atoms in total. The van der Waals surface area contributed by atoms with Crippen molar-refractivity contribution in [2.24, 2.45) is 0 Å². The number of rotatable bonds is 5. The first-order valence-corrected chi connectivity index (χ1v) is 6.59. The highest BCUT2D eigenvalue weighted by atomic mass is 32.2. The molecule has 1 rings (SSSR count). The minimum atomic E-state index is -3.69. The molecular weight excluding hydrogens is 242 g/mol. The van der Waals surface area contributed by atoms with Gasteiger partial charge in [0.05, 0.1) is 11.5 Å². The highest BCUT2D eigenvalue weighted by Crippen LogP contribution is 2.12. The van der Waals surface area contributed by atoms with Crippen LogP contribution in [0, 0.1) is 0 Å². The number of ketones is 1. The smallest absolute Gasteiger partial charge is 0.240 e. The summed E-state index contributed by atoms with van der Waals surface area (Å²) in [6, 6.07) is 5.21. The zero-order valence-corrected chi connectivity index (χ0v) is 10.5. The van der Waals surface area contributed by atoms with Crippen LogP contribution in [0.25, 0.3) is 0 Å². The van der Waals surface area contributed by atoms with E-state index in [1.54, 1.807) is 13.0 Å². The number of aliphatic hydroxyl groups excluding tert-OH is 1. The molecule has 0 saturated heterocycles. The van der Waals surface area contributed by atoms with E-state index in [9.17, 15) is 13.2 Å². The van der Waals surface area contributed by atoms with Crippen LogP contribution in [-0.2, 0) is 10.0 Å². The van der Waals surface area contributed by atoms with Gasteiger partial charge in [0.2, 0.25) is 10.0 Å². The molecule has 2 N–H and O–H groups in total. The van der Waals surface area contributed by atoms with E-state index < -0.39 is 16.1 Å². The Morgan fingerprint density at radius 3 is 2.65 bits per heavy atom. The van der Waals surface area contributed by atoms with Gasteiger partial charge in [0, 0.05) is 11.6 Å². The summed E-state index contributed by atoms with van der Waals surface area (Å²) in [4.78, 5) is 11.2. The summed E-state index contributed by atoms with van der Waals surface area (Å²) in [6.07, 6.45) is 0. The Kier molecular flexibility index (Phi) is 4.39. The Hall–Kier alpha value is -1.24. The standard InChI is InChI=1S/C11H15NO4S/c1-8(7-13)12-17(15,16)11-5-3-4-10(6-11)9(2)14/h3-6,8,12-13H,7H2,1-2H3/t8-/m1/s1. The van der Waals surface area contributed by atoms with Gasteiger partial charge in [-0.25, -0.2) is 13.1 Å². The van der Waals surface area contributed by atoms with Crippen LogP contribution in [0.15, 0.2) is 29.2 Å². The predicted octanol–water partition coefficient (Wildman–Crippen LogP) is 0.548. The molecule has 6 heteroatoms. The van der Waals surface area contributed by atoms with Crippen molar-refractivity contribution < 1.29 is 18.3 Å². The molecule has 0 fully saturated rings. The lowest BCUT2D eigenvalue weighted by molar-refractivity contribution is 0.101. The Balaban J connectivity index is 3.07. The van der Waals surface area contributed by atoms with E-state index >= 15 is 0 Å². The van der Waals surface area contributed by atoms with E-state index in [2.05, 4.69) is 4.72 Å². The van der Waals surface area contributed by atoms with E-state index in [1.165, 1.54) is 25.1 Å². The lowest BCUT2D eigenvalue weighted by Crippen LogP contribution is -2.35. The Labute approximate surface area is 101 Å². The third-order valence-corrected chi connectivity index (χ3v) is 3.77. The molecule has 0 aromatic heterocycles. The van der Waals surface area contributed by atoms with Gasteiger partial charge in [-0.15, -0.1) is 0 Å². The molecule has 0 spiro atoms. The number of carbonyl (C=O) groups is 1. The van der Waals surface area contributed by atoms with Gasteiger partial charge >= 0.3 is 0 Å². The van der Waals surface area contributed by atoms with E-state index in [1.807, 2.05) is 0 Å². The van der Waals surface area contributed by atoms with Crippen molar-refractivity contribution in [2.45, 2.75) is 24.8 Å². The second-order valence-electron chi connectivity index (χ2n) is 3.79. The van der Waals surface area contributed by atoms with Crippen LogP contribution in [0.1, 0.15) is 24.2 Å². The van der Waals surface area contributed by atoms with E-state index in [4.69, 9.17) is 5.11 Å². The summed E-state index contributed by atoms with van der Waals surface area (Å²) >= 11 is 0. The summed E-state index contributed by atoms with van der Waals surface area (Å²) in [5, 5.41) is 8.81. The summed E-state index contributed by atoms with van der Waals surface area (Å²) in [5.41, 5.74) is 0.338. The highest BCUT2D eigenvalue weighted by molar-refractivity contribution is 7.89. The minimum Gasteiger partial charge on any atom is -0.395 e. The van der Waals surface area contributed by atoms with Gasteiger partial charge in [-0.3, -0.25) is 4.79 Å². The first-order valence-electron chi connectivity index (χ1n) is 5.11. The van der Waals surface area contributed by atoms with Crippen molar-refractivity contribution in [3.63, 3.8) is 0 Å². The van der Waals surface area contributed by atoms with Crippen molar-refractivity contribution in [1.82, 2.24) is 4.72 Å². The molecule has 0 bridgehead atoms. The second-order valence-corrected chi connectivity index (χ2v) is 5.50. The molecule has 17 heavy (non-hydrogen) atoms. The fourth-order valence-corrected chi connectivity index (χ4v) is 2.53. The summed E-state index contributed by atoms with van der Waals surface area (Å²) in [6.45, 7) is 2.63. The van der Waals surface area contributed by atoms with Gasteiger partial charge in [0.1, 0.15) is 0 Å². The maximum absolute atomic E-state index is 11.8. The SMILES string of the molecule is CC(=O)c1cccc(S(=O)(=O)N[C@H](C)CO)c1. The molecule has 0 aliphatic carbocycles. The molecule has 0 saturated carbocycles. The number of hydrogen-bond donors (Lipinski definition) is 2. The van der Waals surface area contributed by atoms with Crippen molar-refractivity contribution in [3.8, 4) is 0 Å². The molecule has 0 heterocycles. The molecule has 0 unspecified atom stereocenters. The van der Waals surface area contributed by atoms with Gasteiger partial charge in [-0.1, -0.05) is 12.1 Å². The van der Waals surface area contributed by atoms with Crippen molar-refractivity contribution in [2.75, 3.05) is 6.61 Å². The van der Waals surface area contributed by atoms with Crippen molar-refractivity contribution in [1.29, 1.82) is 0 Å². The van der Waals surface area contributed by atoms with Crippen LogP contribution < -0.4 is 4.72 Å². The number of nitrogens with one attached hydrogen (secondary N) is 1. The van der Waals surface area contributed by atoms with Crippen molar-refractivity contribution in [3.05, 3.63) is 29.8 Å². The van der Waals surface area contributed by atoms with Crippen LogP contribution in [-0.4, -0.2) is 32.0 Å². The quantitative estimate of drug-likeness (QED) is 0.754. The predicted molar refractivity (Wildman–Crippen MR) is 63.3 cm³/mol. The topological polar surface area (TPSA) is 83.5 Å². The van der Waals surface area contributed by atoms with Gasteiger partial charge in [-0.05, 0) is 26.0 Å². The van der Waals surface area contributed by atoms with Crippen LogP contribution in [0.3, 0.4) is 0 Å². The van der Waals surface area contributed by atoms with Crippen molar-refractivity contribution >= 4 is 15.8 Å². The summed E-state index contributed by atoms with van der Waals surface area (Å²) < 4.78 is 26.0. The highest BCUT2D eigenvalue weighted by Gasteiger charge is 2.17. The molecule has 94 valence electrons. The summed E-state index contributed by atoms with van der Waals surface area (Å²) in [7, 11) is -3.69. The number of Topliss-reactive ketones (excluding diaryl/α,β-unsaturated/α-hetero) is 1. The van der Waals surface area contributed by atoms with Crippen LogP contribution in [0.2, 0.25) is 0 Å². The van der Waals surface area contributed by atoms with Gasteiger partial charge in [0.25, 0.3) is 0 Å². The van der Waals surface area contributed by atoms with Gasteiger partial charge in [-0.2, -0.15) is 0 Å². The number of hydrogen-bond acceptors (Lipinski definition) is 4. The van der Waals surface area contributed by atoms with Crippen LogP contribution >= 0.6 is 0 Å². The average Bonchev–Trinajstić information content (AvgIpc) is 2.28. The zero-order valence-electron chi connectivity index (χ0n) is 9.67. The molecule has 0 aliphatic heterocycles. The first kappa shape index (κ1) is 13.8. The molecule has 0 aliphatic rings. The van der Waals surface area contributed by atoms with Crippen LogP contribution in [0.5, 0.6) is 0 Å². The maximum Gasteiger partial charge on any atom is 0.240 e. The monoisotopic (exact) mass is 257 g/mol. The molecule has 0 amide bonds. The number of carbonyl (C=O) groups excluding carboxylic acids is 1. The fourth-order valence-electron chi connectivity index (χ4n) is 1.25. The van der Waals surface area contributed by atoms with E-state index in [0.717, 1.165) is 0 Å². The molecule has 1 aromatic carbocycles. The van der Waals surface area contributed by atoms with E-state index in [-0.39, 0.29) is 17.3 Å². The number of benzene rings is 1. The lowest BCUT2D eigenvalue weighted by Gasteiger charge is -2.11. The van der Waals surface area contributed by atoms with Gasteiger partial charge in [0.15, 0.2) is 5.78 Å². The Morgan fingerprint density at radius 2 is 2.12 bits per heavy atom. The lowest BCUT2D eigenvalue weighted by atomic mass is 10.2. The molecule has 1 aromatic rings. The zero-order chi connectivity index (χ0) is 13.1. The largest absolute Gasteiger partial charge is 0.395 e. The summed E-state index contributed by atoms with van der Waals surface area (Å²) in [5.74, 6) is -0.197.